The number of methoxy groups -OCH3 is 1. The first-order valence-corrected chi connectivity index (χ1v) is 3.86. The van der Waals surface area contributed by atoms with E-state index in [0.29, 0.717) is 6.42 Å². The summed E-state index contributed by atoms with van der Waals surface area (Å²) in [6, 6.07) is 0. The van der Waals surface area contributed by atoms with Crippen molar-refractivity contribution >= 4 is 6.16 Å². The highest BCUT2D eigenvalue weighted by atomic mass is 16.8. The largest absolute Gasteiger partial charge is 0.510 e. The highest BCUT2D eigenvalue weighted by Gasteiger charge is 2.33. The molecular weight excluding hydrogens is 162 g/mol. The number of rotatable bonds is 1. The van der Waals surface area contributed by atoms with Gasteiger partial charge < -0.3 is 19.9 Å². The van der Waals surface area contributed by atoms with Gasteiger partial charge in [-0.2, -0.15) is 0 Å². The summed E-state index contributed by atoms with van der Waals surface area (Å²) in [5, 5.41) is 12.5. The summed E-state index contributed by atoms with van der Waals surface area (Å²) < 4.78 is 8.93. The SMILES string of the molecule is COC(=O)OC1(O)CCCNC1. The minimum atomic E-state index is -1.38. The molecule has 0 aliphatic carbocycles. The Morgan fingerprint density at radius 3 is 2.92 bits per heavy atom. The van der Waals surface area contributed by atoms with E-state index < -0.39 is 11.9 Å². The molecule has 0 amide bonds. The van der Waals surface area contributed by atoms with Gasteiger partial charge in [-0.1, -0.05) is 0 Å². The zero-order valence-corrected chi connectivity index (χ0v) is 7.00. The van der Waals surface area contributed by atoms with Crippen molar-refractivity contribution in [2.75, 3.05) is 20.2 Å². The Hall–Kier alpha value is -0.810. The van der Waals surface area contributed by atoms with Crippen molar-refractivity contribution in [3.8, 4) is 0 Å². The van der Waals surface area contributed by atoms with Gasteiger partial charge >= 0.3 is 6.16 Å². The van der Waals surface area contributed by atoms with E-state index in [1.54, 1.807) is 0 Å². The zero-order valence-electron chi connectivity index (χ0n) is 7.00. The van der Waals surface area contributed by atoms with Crippen LogP contribution in [0.15, 0.2) is 0 Å². The van der Waals surface area contributed by atoms with Gasteiger partial charge in [0.15, 0.2) is 0 Å². The van der Waals surface area contributed by atoms with E-state index in [9.17, 15) is 9.90 Å². The second kappa shape index (κ2) is 3.73. The maximum Gasteiger partial charge on any atom is 0.510 e. The summed E-state index contributed by atoms with van der Waals surface area (Å²) in [6.45, 7) is 1.11. The summed E-state index contributed by atoms with van der Waals surface area (Å²) in [4.78, 5) is 10.7. The first-order valence-electron chi connectivity index (χ1n) is 3.86. The van der Waals surface area contributed by atoms with Crippen LogP contribution in [0.25, 0.3) is 0 Å². The van der Waals surface area contributed by atoms with E-state index in [1.807, 2.05) is 0 Å². The Morgan fingerprint density at radius 2 is 2.42 bits per heavy atom. The normalized spacial score (nSPS) is 29.5. The van der Waals surface area contributed by atoms with E-state index in [0.717, 1.165) is 13.0 Å². The fourth-order valence-electron chi connectivity index (χ4n) is 1.15. The molecule has 2 N–H and O–H groups in total. The monoisotopic (exact) mass is 175 g/mol. The Balaban J connectivity index is 2.41. The predicted molar refractivity (Wildman–Crippen MR) is 40.5 cm³/mol. The topological polar surface area (TPSA) is 67.8 Å². The second-order valence-electron chi connectivity index (χ2n) is 2.78. The number of β-amino-alcohol motifs (C(OH)–C–C–N with tert-alkyl or cyclic N) is 1. The Morgan fingerprint density at radius 1 is 1.67 bits per heavy atom. The maximum atomic E-state index is 10.7. The van der Waals surface area contributed by atoms with Crippen LogP contribution in [-0.2, 0) is 9.47 Å². The molecule has 12 heavy (non-hydrogen) atoms. The summed E-state index contributed by atoms with van der Waals surface area (Å²) >= 11 is 0. The lowest BCUT2D eigenvalue weighted by Crippen LogP contribution is -2.48. The molecule has 1 saturated heterocycles. The highest BCUT2D eigenvalue weighted by Crippen LogP contribution is 2.17. The molecule has 70 valence electrons. The standard InChI is InChI=1S/C7H13NO4/c1-11-6(9)12-7(10)3-2-4-8-5-7/h8,10H,2-5H2,1H3. The van der Waals surface area contributed by atoms with E-state index in [-0.39, 0.29) is 6.54 Å². The number of hydrogen-bond acceptors (Lipinski definition) is 5. The van der Waals surface area contributed by atoms with Crippen molar-refractivity contribution in [2.24, 2.45) is 0 Å². The molecule has 0 aromatic rings. The number of carbonyl (C=O) groups excluding carboxylic acids is 1. The number of hydrogen-bond donors (Lipinski definition) is 2. The first-order chi connectivity index (χ1) is 5.66. The van der Waals surface area contributed by atoms with Crippen LogP contribution in [0.4, 0.5) is 4.79 Å². The van der Waals surface area contributed by atoms with Gasteiger partial charge in [-0.15, -0.1) is 0 Å². The average Bonchev–Trinajstić information content (AvgIpc) is 2.05. The highest BCUT2D eigenvalue weighted by molar-refractivity contribution is 5.60. The molecule has 1 heterocycles. The average molecular weight is 175 g/mol. The fraction of sp³-hybridized carbons (Fsp3) is 0.857. The molecule has 5 heteroatoms. The van der Waals surface area contributed by atoms with Crippen LogP contribution in [0.3, 0.4) is 0 Å². The molecule has 0 spiro atoms. The number of nitrogens with one attached hydrogen (secondary N) is 1. The van der Waals surface area contributed by atoms with Crippen molar-refractivity contribution in [3.05, 3.63) is 0 Å². The van der Waals surface area contributed by atoms with Gasteiger partial charge in [0.25, 0.3) is 0 Å². The van der Waals surface area contributed by atoms with Gasteiger partial charge in [0, 0.05) is 6.42 Å². The lowest BCUT2D eigenvalue weighted by Gasteiger charge is -2.30. The van der Waals surface area contributed by atoms with Gasteiger partial charge in [-0.25, -0.2) is 4.79 Å². The van der Waals surface area contributed by atoms with Crippen LogP contribution >= 0.6 is 0 Å². The molecule has 1 rings (SSSR count). The summed E-state index contributed by atoms with van der Waals surface area (Å²) in [5.74, 6) is -1.38. The van der Waals surface area contributed by atoms with Crippen LogP contribution < -0.4 is 5.32 Å². The van der Waals surface area contributed by atoms with Crippen molar-refractivity contribution < 1.29 is 19.4 Å². The third kappa shape index (κ3) is 2.35. The van der Waals surface area contributed by atoms with Crippen LogP contribution in [0.1, 0.15) is 12.8 Å². The van der Waals surface area contributed by atoms with Crippen LogP contribution in [0.5, 0.6) is 0 Å². The molecule has 0 radical (unpaired) electrons. The van der Waals surface area contributed by atoms with Crippen molar-refractivity contribution in [1.82, 2.24) is 5.32 Å². The van der Waals surface area contributed by atoms with Crippen LogP contribution in [-0.4, -0.2) is 37.2 Å². The summed E-state index contributed by atoms with van der Waals surface area (Å²) in [5.41, 5.74) is 0. The minimum Gasteiger partial charge on any atom is -0.438 e. The van der Waals surface area contributed by atoms with Crippen molar-refractivity contribution in [2.45, 2.75) is 18.6 Å². The van der Waals surface area contributed by atoms with Crippen molar-refractivity contribution in [3.63, 3.8) is 0 Å². The Labute approximate surface area is 70.7 Å². The van der Waals surface area contributed by atoms with Gasteiger partial charge in [-0.05, 0) is 13.0 Å². The van der Waals surface area contributed by atoms with E-state index >= 15 is 0 Å². The van der Waals surface area contributed by atoms with Crippen molar-refractivity contribution in [1.29, 1.82) is 0 Å². The van der Waals surface area contributed by atoms with Gasteiger partial charge in [0.2, 0.25) is 5.79 Å². The van der Waals surface area contributed by atoms with E-state index in [4.69, 9.17) is 0 Å². The number of carbonyl (C=O) groups is 1. The third-order valence-electron chi connectivity index (χ3n) is 1.76. The van der Waals surface area contributed by atoms with E-state index in [1.165, 1.54) is 7.11 Å². The molecular formula is C7H13NO4. The van der Waals surface area contributed by atoms with Gasteiger partial charge in [0.05, 0.1) is 13.7 Å². The van der Waals surface area contributed by atoms with Gasteiger partial charge in [-0.3, -0.25) is 0 Å². The molecule has 1 unspecified atom stereocenters. The molecule has 1 aliphatic heterocycles. The molecule has 0 bridgehead atoms. The lowest BCUT2D eigenvalue weighted by atomic mass is 10.1. The smallest absolute Gasteiger partial charge is 0.438 e. The maximum absolute atomic E-state index is 10.7. The molecule has 0 aromatic carbocycles. The number of ether oxygens (including phenoxy) is 2. The Bertz CT molecular complexity index is 165. The zero-order chi connectivity index (χ0) is 9.03. The van der Waals surface area contributed by atoms with Gasteiger partial charge in [0.1, 0.15) is 0 Å². The molecule has 0 saturated carbocycles. The predicted octanol–water partition coefficient (Wildman–Crippen LogP) is -0.159. The number of aliphatic hydroxyl groups is 1. The summed E-state index contributed by atoms with van der Waals surface area (Å²) in [6.07, 6.45) is 0.393. The van der Waals surface area contributed by atoms with E-state index in [2.05, 4.69) is 14.8 Å². The molecule has 5 nitrogen and oxygen atoms in total. The fourth-order valence-corrected chi connectivity index (χ4v) is 1.15. The molecule has 1 aliphatic rings. The quantitative estimate of drug-likeness (QED) is 0.428. The van der Waals surface area contributed by atoms with Crippen LogP contribution in [0.2, 0.25) is 0 Å². The third-order valence-corrected chi connectivity index (χ3v) is 1.76. The molecule has 1 fully saturated rings. The summed E-state index contributed by atoms with van der Waals surface area (Å²) in [7, 11) is 1.21. The number of piperidine rings is 1. The lowest BCUT2D eigenvalue weighted by molar-refractivity contribution is -0.183. The second-order valence-corrected chi connectivity index (χ2v) is 2.78. The first kappa shape index (κ1) is 9.28. The van der Waals surface area contributed by atoms with Crippen LogP contribution in [0, 0.1) is 0 Å². The molecule has 1 atom stereocenters. The molecule has 0 aromatic heterocycles. The minimum absolute atomic E-state index is 0.266. The Kier molecular flexibility index (Phi) is 2.88.